The summed E-state index contributed by atoms with van der Waals surface area (Å²) < 4.78 is 10.7. The zero-order valence-electron chi connectivity index (χ0n) is 12.6. The van der Waals surface area contributed by atoms with Gasteiger partial charge in [0.15, 0.2) is 0 Å². The van der Waals surface area contributed by atoms with Crippen molar-refractivity contribution < 1.29 is 14.6 Å². The van der Waals surface area contributed by atoms with Crippen molar-refractivity contribution in [1.29, 1.82) is 0 Å². The maximum Gasteiger partial charge on any atom is 0.123 e. The topological polar surface area (TPSA) is 50.7 Å². The van der Waals surface area contributed by atoms with E-state index in [4.69, 9.17) is 9.47 Å². The van der Waals surface area contributed by atoms with Crippen molar-refractivity contribution in [2.24, 2.45) is 0 Å². The smallest absolute Gasteiger partial charge is 0.123 e. The van der Waals surface area contributed by atoms with Crippen LogP contribution in [0.15, 0.2) is 18.2 Å². The van der Waals surface area contributed by atoms with E-state index in [1.54, 1.807) is 7.11 Å². The summed E-state index contributed by atoms with van der Waals surface area (Å²) in [6, 6.07) is 6.34. The summed E-state index contributed by atoms with van der Waals surface area (Å²) in [7, 11) is 1.69. The Balaban J connectivity index is 1.99. The first-order valence-corrected chi connectivity index (χ1v) is 7.22. The van der Waals surface area contributed by atoms with Crippen molar-refractivity contribution in [3.63, 3.8) is 0 Å². The lowest BCUT2D eigenvalue weighted by molar-refractivity contribution is -0.0626. The molecule has 0 aliphatic carbocycles. The van der Waals surface area contributed by atoms with Crippen LogP contribution in [0.5, 0.6) is 5.75 Å². The first kappa shape index (κ1) is 15.3. The Kier molecular flexibility index (Phi) is 5.02. The predicted octanol–water partition coefficient (Wildman–Crippen LogP) is 2.20. The van der Waals surface area contributed by atoms with Gasteiger partial charge in [-0.05, 0) is 25.5 Å². The van der Waals surface area contributed by atoms with Crippen LogP contribution in [-0.2, 0) is 4.74 Å². The van der Waals surface area contributed by atoms with Gasteiger partial charge >= 0.3 is 0 Å². The number of benzene rings is 1. The molecule has 2 rings (SSSR count). The van der Waals surface area contributed by atoms with Gasteiger partial charge in [0.2, 0.25) is 0 Å². The molecule has 0 bridgehead atoms. The molecule has 20 heavy (non-hydrogen) atoms. The fraction of sp³-hybridized carbons (Fsp3) is 0.625. The minimum absolute atomic E-state index is 0.136. The molecule has 1 aliphatic heterocycles. The quantitative estimate of drug-likeness (QED) is 0.867. The van der Waals surface area contributed by atoms with E-state index < -0.39 is 5.60 Å². The molecule has 4 nitrogen and oxygen atoms in total. The van der Waals surface area contributed by atoms with Crippen molar-refractivity contribution in [3.8, 4) is 5.75 Å². The Labute approximate surface area is 121 Å². The molecule has 1 aromatic rings. The second-order valence-corrected chi connectivity index (χ2v) is 5.68. The van der Waals surface area contributed by atoms with E-state index in [9.17, 15) is 5.11 Å². The lowest BCUT2D eigenvalue weighted by Gasteiger charge is -2.33. The fourth-order valence-corrected chi connectivity index (χ4v) is 2.56. The summed E-state index contributed by atoms with van der Waals surface area (Å²) >= 11 is 0. The van der Waals surface area contributed by atoms with Crippen LogP contribution in [0.4, 0.5) is 0 Å². The molecule has 0 saturated carbocycles. The van der Waals surface area contributed by atoms with Crippen molar-refractivity contribution in [2.45, 2.75) is 38.3 Å². The second kappa shape index (κ2) is 6.57. The maximum absolute atomic E-state index is 10.5. The highest BCUT2D eigenvalue weighted by atomic mass is 16.5. The molecule has 1 heterocycles. The number of methoxy groups -OCH3 is 1. The molecule has 0 radical (unpaired) electrons. The standard InChI is InChI=1S/C16H25NO3/c1-12-4-5-14(15(10-12)19-3)13(2)17-11-16(18)6-8-20-9-7-16/h4-5,10,13,17-18H,6-9,11H2,1-3H3. The van der Waals surface area contributed by atoms with Crippen molar-refractivity contribution in [1.82, 2.24) is 5.32 Å². The monoisotopic (exact) mass is 279 g/mol. The first-order valence-electron chi connectivity index (χ1n) is 7.22. The largest absolute Gasteiger partial charge is 0.496 e. The van der Waals surface area contributed by atoms with E-state index in [1.165, 1.54) is 5.56 Å². The van der Waals surface area contributed by atoms with Gasteiger partial charge in [0.1, 0.15) is 5.75 Å². The molecule has 1 atom stereocenters. The van der Waals surface area contributed by atoms with Gasteiger partial charge < -0.3 is 19.9 Å². The van der Waals surface area contributed by atoms with Crippen LogP contribution in [0.2, 0.25) is 0 Å². The lowest BCUT2D eigenvalue weighted by Crippen LogP contribution is -2.45. The van der Waals surface area contributed by atoms with Crippen molar-refractivity contribution in [2.75, 3.05) is 26.9 Å². The van der Waals surface area contributed by atoms with E-state index in [2.05, 4.69) is 31.3 Å². The molecule has 0 spiro atoms. The molecular weight excluding hydrogens is 254 g/mol. The molecule has 2 N–H and O–H groups in total. The maximum atomic E-state index is 10.5. The number of ether oxygens (including phenoxy) is 2. The first-order chi connectivity index (χ1) is 9.54. The molecule has 112 valence electrons. The van der Waals surface area contributed by atoms with Gasteiger partial charge in [0.25, 0.3) is 0 Å². The van der Waals surface area contributed by atoms with E-state index in [0.29, 0.717) is 32.6 Å². The van der Waals surface area contributed by atoms with Gasteiger partial charge in [0, 0.05) is 44.2 Å². The summed E-state index contributed by atoms with van der Waals surface area (Å²) in [5.41, 5.74) is 1.65. The highest BCUT2D eigenvalue weighted by Crippen LogP contribution is 2.27. The third-order valence-electron chi connectivity index (χ3n) is 4.02. The Bertz CT molecular complexity index is 441. The van der Waals surface area contributed by atoms with Crippen LogP contribution in [0.1, 0.15) is 36.9 Å². The number of hydrogen-bond donors (Lipinski definition) is 2. The molecule has 1 unspecified atom stereocenters. The van der Waals surface area contributed by atoms with Gasteiger partial charge in [0.05, 0.1) is 12.7 Å². The van der Waals surface area contributed by atoms with E-state index >= 15 is 0 Å². The predicted molar refractivity (Wildman–Crippen MR) is 79.2 cm³/mol. The minimum atomic E-state index is -0.648. The SMILES string of the molecule is COc1cc(C)ccc1C(C)NCC1(O)CCOCC1. The number of hydrogen-bond acceptors (Lipinski definition) is 4. The second-order valence-electron chi connectivity index (χ2n) is 5.68. The third kappa shape index (κ3) is 3.72. The summed E-state index contributed by atoms with van der Waals surface area (Å²) in [5.74, 6) is 0.893. The van der Waals surface area contributed by atoms with Gasteiger partial charge in [-0.3, -0.25) is 0 Å². The van der Waals surface area contributed by atoms with Crippen molar-refractivity contribution in [3.05, 3.63) is 29.3 Å². The normalized spacial score (nSPS) is 19.6. The van der Waals surface area contributed by atoms with Gasteiger partial charge in [-0.15, -0.1) is 0 Å². The molecule has 1 aliphatic rings. The highest BCUT2D eigenvalue weighted by Gasteiger charge is 2.30. The lowest BCUT2D eigenvalue weighted by atomic mass is 9.93. The Hall–Kier alpha value is -1.10. The Morgan fingerprint density at radius 3 is 2.75 bits per heavy atom. The van der Waals surface area contributed by atoms with Crippen molar-refractivity contribution >= 4 is 0 Å². The summed E-state index contributed by atoms with van der Waals surface area (Å²) in [6.07, 6.45) is 1.38. The van der Waals surface area contributed by atoms with Crippen LogP contribution < -0.4 is 10.1 Å². The Morgan fingerprint density at radius 1 is 1.40 bits per heavy atom. The zero-order valence-corrected chi connectivity index (χ0v) is 12.6. The molecule has 0 aromatic heterocycles. The molecule has 1 saturated heterocycles. The molecule has 0 amide bonds. The number of rotatable bonds is 5. The van der Waals surface area contributed by atoms with Gasteiger partial charge in [-0.2, -0.15) is 0 Å². The van der Waals surface area contributed by atoms with Crippen LogP contribution in [0, 0.1) is 6.92 Å². The summed E-state index contributed by atoms with van der Waals surface area (Å²) in [4.78, 5) is 0. The zero-order chi connectivity index (χ0) is 14.6. The van der Waals surface area contributed by atoms with Crippen LogP contribution in [0.3, 0.4) is 0 Å². The number of aryl methyl sites for hydroxylation is 1. The molecule has 1 aromatic carbocycles. The van der Waals surface area contributed by atoms with E-state index in [-0.39, 0.29) is 6.04 Å². The van der Waals surface area contributed by atoms with E-state index in [1.807, 2.05) is 6.07 Å². The third-order valence-corrected chi connectivity index (χ3v) is 4.02. The van der Waals surface area contributed by atoms with Crippen LogP contribution >= 0.6 is 0 Å². The molecular formula is C16H25NO3. The van der Waals surface area contributed by atoms with Crippen LogP contribution in [-0.4, -0.2) is 37.6 Å². The Morgan fingerprint density at radius 2 is 2.10 bits per heavy atom. The number of nitrogens with one attached hydrogen (secondary N) is 1. The highest BCUT2D eigenvalue weighted by molar-refractivity contribution is 5.39. The van der Waals surface area contributed by atoms with Gasteiger partial charge in [-0.25, -0.2) is 0 Å². The van der Waals surface area contributed by atoms with Gasteiger partial charge in [-0.1, -0.05) is 12.1 Å². The average Bonchev–Trinajstić information content (AvgIpc) is 2.45. The van der Waals surface area contributed by atoms with E-state index in [0.717, 1.165) is 11.3 Å². The fourth-order valence-electron chi connectivity index (χ4n) is 2.56. The summed E-state index contributed by atoms with van der Waals surface area (Å²) in [6.45, 7) is 6.00. The number of aliphatic hydroxyl groups is 1. The minimum Gasteiger partial charge on any atom is -0.496 e. The molecule has 4 heteroatoms. The average molecular weight is 279 g/mol. The molecule has 1 fully saturated rings. The van der Waals surface area contributed by atoms with Crippen LogP contribution in [0.25, 0.3) is 0 Å². The summed E-state index contributed by atoms with van der Waals surface area (Å²) in [5, 5.41) is 13.9.